The van der Waals surface area contributed by atoms with Crippen molar-refractivity contribution in [3.8, 4) is 0 Å². The van der Waals surface area contributed by atoms with E-state index in [9.17, 15) is 0 Å². The van der Waals surface area contributed by atoms with Gasteiger partial charge in [-0.1, -0.05) is 31.2 Å². The Morgan fingerprint density at radius 2 is 1.94 bits per heavy atom. The molecule has 0 aliphatic rings. The molecule has 1 heterocycles. The van der Waals surface area contributed by atoms with Crippen molar-refractivity contribution in [3.63, 3.8) is 0 Å². The molecule has 1 radical (unpaired) electrons. The van der Waals surface area contributed by atoms with Crippen LogP contribution in [0, 0.1) is 6.07 Å². The molecular weight excluding hydrogens is 208 g/mol. The zero-order valence-electron chi connectivity index (χ0n) is 10.1. The highest BCUT2D eigenvalue weighted by Gasteiger charge is 2.04. The van der Waals surface area contributed by atoms with E-state index in [0.717, 1.165) is 19.6 Å². The number of aromatic nitrogens is 1. The lowest BCUT2D eigenvalue weighted by molar-refractivity contribution is 0.271. The maximum absolute atomic E-state index is 4.04. The number of nitrogens with zero attached hydrogens (tertiary/aromatic N) is 2. The van der Waals surface area contributed by atoms with Gasteiger partial charge in [0.25, 0.3) is 0 Å². The van der Waals surface area contributed by atoms with E-state index in [-0.39, 0.29) is 0 Å². The third-order valence-corrected chi connectivity index (χ3v) is 2.77. The molecule has 0 saturated heterocycles. The van der Waals surface area contributed by atoms with Crippen LogP contribution in [0.2, 0.25) is 0 Å². The summed E-state index contributed by atoms with van der Waals surface area (Å²) in [6, 6.07) is 15.6. The second-order valence-corrected chi connectivity index (χ2v) is 4.05. The first kappa shape index (κ1) is 11.8. The van der Waals surface area contributed by atoms with Crippen molar-refractivity contribution in [3.05, 3.63) is 66.0 Å². The van der Waals surface area contributed by atoms with E-state index < -0.39 is 0 Å². The van der Waals surface area contributed by atoms with Crippen LogP contribution in [-0.2, 0) is 13.1 Å². The highest BCUT2D eigenvalue weighted by atomic mass is 15.1. The van der Waals surface area contributed by atoms with Crippen molar-refractivity contribution < 1.29 is 0 Å². The summed E-state index contributed by atoms with van der Waals surface area (Å²) in [5.41, 5.74) is 2.54. The Bertz CT molecular complexity index is 384. The lowest BCUT2D eigenvalue weighted by Gasteiger charge is -2.20. The molecule has 0 unspecified atom stereocenters. The Balaban J connectivity index is 1.98. The van der Waals surface area contributed by atoms with E-state index in [1.807, 2.05) is 24.5 Å². The normalized spacial score (nSPS) is 10.7. The Labute approximate surface area is 103 Å². The summed E-state index contributed by atoms with van der Waals surface area (Å²) in [6.45, 7) is 5.12. The molecule has 17 heavy (non-hydrogen) atoms. The maximum atomic E-state index is 4.04. The van der Waals surface area contributed by atoms with Gasteiger partial charge in [0.05, 0.1) is 0 Å². The van der Waals surface area contributed by atoms with Crippen molar-refractivity contribution in [1.82, 2.24) is 9.88 Å². The summed E-state index contributed by atoms with van der Waals surface area (Å²) in [4.78, 5) is 6.43. The maximum Gasteiger partial charge on any atom is 0.0271 e. The minimum absolute atomic E-state index is 0.944. The molecule has 2 heteroatoms. The summed E-state index contributed by atoms with van der Waals surface area (Å²) in [6.07, 6.45) is 3.69. The fourth-order valence-electron chi connectivity index (χ4n) is 1.80. The first-order valence-corrected chi connectivity index (χ1v) is 5.95. The van der Waals surface area contributed by atoms with Crippen LogP contribution >= 0.6 is 0 Å². The molecular formula is C15H17N2. The second-order valence-electron chi connectivity index (χ2n) is 4.05. The molecule has 0 spiro atoms. The molecule has 0 N–H and O–H groups in total. The van der Waals surface area contributed by atoms with Crippen LogP contribution in [0.3, 0.4) is 0 Å². The fourth-order valence-corrected chi connectivity index (χ4v) is 1.80. The van der Waals surface area contributed by atoms with Crippen LogP contribution < -0.4 is 0 Å². The van der Waals surface area contributed by atoms with Gasteiger partial charge in [-0.05, 0) is 35.9 Å². The van der Waals surface area contributed by atoms with Crippen molar-refractivity contribution in [2.75, 3.05) is 6.54 Å². The van der Waals surface area contributed by atoms with Crippen LogP contribution in [0.25, 0.3) is 0 Å². The van der Waals surface area contributed by atoms with Gasteiger partial charge < -0.3 is 0 Å². The molecule has 0 bridgehead atoms. The van der Waals surface area contributed by atoms with E-state index >= 15 is 0 Å². The monoisotopic (exact) mass is 225 g/mol. The Morgan fingerprint density at radius 1 is 1.12 bits per heavy atom. The largest absolute Gasteiger partial charge is 0.295 e. The molecule has 0 fully saturated rings. The zero-order chi connectivity index (χ0) is 11.9. The van der Waals surface area contributed by atoms with E-state index in [2.05, 4.69) is 47.1 Å². The standard InChI is InChI=1S/C15H17N2/c1-2-17(12-14-6-4-3-5-7-14)13-15-8-10-16-11-9-15/h3-6,8-11H,2,12-13H2,1H3. The van der Waals surface area contributed by atoms with Crippen molar-refractivity contribution >= 4 is 0 Å². The van der Waals surface area contributed by atoms with E-state index in [1.165, 1.54) is 11.1 Å². The van der Waals surface area contributed by atoms with Gasteiger partial charge >= 0.3 is 0 Å². The first-order chi connectivity index (χ1) is 8.38. The molecule has 0 aliphatic carbocycles. The van der Waals surface area contributed by atoms with Crippen molar-refractivity contribution in [2.45, 2.75) is 20.0 Å². The third kappa shape index (κ3) is 3.68. The fraction of sp³-hybridized carbons (Fsp3) is 0.267. The summed E-state index contributed by atoms with van der Waals surface area (Å²) in [7, 11) is 0. The average Bonchev–Trinajstić information content (AvgIpc) is 2.40. The van der Waals surface area contributed by atoms with Gasteiger partial charge in [-0.25, -0.2) is 0 Å². The van der Waals surface area contributed by atoms with Gasteiger partial charge in [-0.15, -0.1) is 0 Å². The van der Waals surface area contributed by atoms with Gasteiger partial charge in [-0.3, -0.25) is 9.88 Å². The van der Waals surface area contributed by atoms with Gasteiger partial charge in [0.1, 0.15) is 0 Å². The molecule has 1 aromatic carbocycles. The van der Waals surface area contributed by atoms with Gasteiger partial charge in [0, 0.05) is 25.5 Å². The zero-order valence-corrected chi connectivity index (χ0v) is 10.1. The van der Waals surface area contributed by atoms with Crippen molar-refractivity contribution in [1.29, 1.82) is 0 Å². The predicted octanol–water partition coefficient (Wildman–Crippen LogP) is 2.90. The number of hydrogen-bond acceptors (Lipinski definition) is 2. The minimum Gasteiger partial charge on any atom is -0.295 e. The molecule has 87 valence electrons. The molecule has 0 atom stereocenters. The molecule has 2 aromatic rings. The number of rotatable bonds is 5. The van der Waals surface area contributed by atoms with Crippen LogP contribution in [0.1, 0.15) is 18.1 Å². The molecule has 2 nitrogen and oxygen atoms in total. The molecule has 0 amide bonds. The Kier molecular flexibility index (Phi) is 4.28. The van der Waals surface area contributed by atoms with Crippen LogP contribution in [-0.4, -0.2) is 16.4 Å². The van der Waals surface area contributed by atoms with Crippen LogP contribution in [0.15, 0.2) is 48.8 Å². The quantitative estimate of drug-likeness (QED) is 0.777. The smallest absolute Gasteiger partial charge is 0.0271 e. The van der Waals surface area contributed by atoms with Crippen LogP contribution in [0.4, 0.5) is 0 Å². The van der Waals surface area contributed by atoms with E-state index in [0.29, 0.717) is 0 Å². The number of benzene rings is 1. The van der Waals surface area contributed by atoms with E-state index in [4.69, 9.17) is 0 Å². The highest BCUT2D eigenvalue weighted by molar-refractivity contribution is 5.14. The van der Waals surface area contributed by atoms with Gasteiger partial charge in [0.15, 0.2) is 0 Å². The molecule has 2 rings (SSSR count). The summed E-state index contributed by atoms with van der Waals surface area (Å²) < 4.78 is 0. The summed E-state index contributed by atoms with van der Waals surface area (Å²) >= 11 is 0. The van der Waals surface area contributed by atoms with Crippen LogP contribution in [0.5, 0.6) is 0 Å². The lowest BCUT2D eigenvalue weighted by atomic mass is 10.2. The Hall–Kier alpha value is -1.67. The minimum atomic E-state index is 0.944. The second kappa shape index (κ2) is 6.16. The Morgan fingerprint density at radius 3 is 2.59 bits per heavy atom. The van der Waals surface area contributed by atoms with Gasteiger partial charge in [0.2, 0.25) is 0 Å². The first-order valence-electron chi connectivity index (χ1n) is 5.95. The number of pyridine rings is 1. The average molecular weight is 225 g/mol. The SMILES string of the molecule is CCN(Cc1[c]cccc1)Cc1ccncc1. The number of hydrogen-bond donors (Lipinski definition) is 0. The van der Waals surface area contributed by atoms with Gasteiger partial charge in [-0.2, -0.15) is 0 Å². The topological polar surface area (TPSA) is 16.1 Å². The van der Waals surface area contributed by atoms with E-state index in [1.54, 1.807) is 0 Å². The predicted molar refractivity (Wildman–Crippen MR) is 69.3 cm³/mol. The lowest BCUT2D eigenvalue weighted by Crippen LogP contribution is -2.22. The highest BCUT2D eigenvalue weighted by Crippen LogP contribution is 2.08. The van der Waals surface area contributed by atoms with Crippen molar-refractivity contribution in [2.24, 2.45) is 0 Å². The molecule has 0 aliphatic heterocycles. The summed E-state index contributed by atoms with van der Waals surface area (Å²) in [5, 5.41) is 0. The molecule has 1 aromatic heterocycles. The third-order valence-electron chi connectivity index (χ3n) is 2.77. The summed E-state index contributed by atoms with van der Waals surface area (Å²) in [5.74, 6) is 0. The molecule has 0 saturated carbocycles.